The summed E-state index contributed by atoms with van der Waals surface area (Å²) in [6.07, 6.45) is 0. The number of hydrogen-bond donors (Lipinski definition) is 1. The zero-order chi connectivity index (χ0) is 10.3. The van der Waals surface area contributed by atoms with Gasteiger partial charge in [0.25, 0.3) is 0 Å². The number of nitrogen functional groups attached to an aromatic ring is 1. The van der Waals surface area contributed by atoms with Gasteiger partial charge in [-0.1, -0.05) is 11.3 Å². The number of ether oxygens (including phenoxy) is 1. The van der Waals surface area contributed by atoms with Crippen molar-refractivity contribution in [2.24, 2.45) is 0 Å². The Balaban J connectivity index is 2.86. The number of rotatable bonds is 1. The molecule has 1 heterocycles. The van der Waals surface area contributed by atoms with Crippen LogP contribution in [0.1, 0.15) is 11.1 Å². The number of methoxy groups -OCH3 is 1. The van der Waals surface area contributed by atoms with Crippen LogP contribution in [0, 0.1) is 13.8 Å². The summed E-state index contributed by atoms with van der Waals surface area (Å²) in [5.74, 6) is 0.902. The van der Waals surface area contributed by atoms with Gasteiger partial charge in [-0.2, -0.15) is 0 Å². The van der Waals surface area contributed by atoms with E-state index in [4.69, 9.17) is 10.5 Å². The largest absolute Gasteiger partial charge is 0.496 e. The molecule has 0 unspecified atom stereocenters. The molecule has 14 heavy (non-hydrogen) atoms. The topological polar surface area (TPSA) is 48.1 Å². The molecule has 2 N–H and O–H groups in total. The molecule has 1 aromatic carbocycles. The summed E-state index contributed by atoms with van der Waals surface area (Å²) in [5.41, 5.74) is 8.90. The van der Waals surface area contributed by atoms with Crippen molar-refractivity contribution < 1.29 is 4.74 Å². The predicted molar refractivity (Wildman–Crippen MR) is 60.1 cm³/mol. The number of aromatic nitrogens is 1. The van der Waals surface area contributed by atoms with Crippen LogP contribution in [-0.2, 0) is 0 Å². The van der Waals surface area contributed by atoms with Crippen LogP contribution in [0.2, 0.25) is 0 Å². The highest BCUT2D eigenvalue weighted by molar-refractivity contribution is 7.22. The summed E-state index contributed by atoms with van der Waals surface area (Å²) in [5, 5.41) is 0.611. The standard InChI is InChI=1S/C10H12N2OS/c1-5-4-7(13-3)6(2)9-8(5)12-10(11)14-9/h4H,1-3H3,(H2,11,12). The Kier molecular flexibility index (Phi) is 2.07. The molecule has 0 spiro atoms. The molecule has 74 valence electrons. The molecular formula is C10H12N2OS. The molecular weight excluding hydrogens is 196 g/mol. The SMILES string of the molecule is COc1cc(C)c2nc(N)sc2c1C. The second-order valence-electron chi connectivity index (χ2n) is 3.25. The van der Waals surface area contributed by atoms with E-state index in [1.54, 1.807) is 7.11 Å². The van der Waals surface area contributed by atoms with E-state index in [0.717, 1.165) is 27.1 Å². The summed E-state index contributed by atoms with van der Waals surface area (Å²) >= 11 is 1.51. The third-order valence-electron chi connectivity index (χ3n) is 2.29. The van der Waals surface area contributed by atoms with Gasteiger partial charge in [-0.3, -0.25) is 0 Å². The quantitative estimate of drug-likeness (QED) is 0.783. The highest BCUT2D eigenvalue weighted by Crippen LogP contribution is 2.34. The van der Waals surface area contributed by atoms with Gasteiger partial charge in [0.05, 0.1) is 17.3 Å². The Labute approximate surface area is 86.5 Å². The predicted octanol–water partition coefficient (Wildman–Crippen LogP) is 2.50. The number of fused-ring (bicyclic) bond motifs is 1. The maximum atomic E-state index is 5.69. The average Bonchev–Trinajstić information content (AvgIpc) is 2.54. The molecule has 0 aliphatic heterocycles. The molecule has 1 aromatic heterocycles. The Bertz CT molecular complexity index is 490. The van der Waals surface area contributed by atoms with E-state index in [-0.39, 0.29) is 0 Å². The lowest BCUT2D eigenvalue weighted by molar-refractivity contribution is 0.412. The van der Waals surface area contributed by atoms with Gasteiger partial charge < -0.3 is 10.5 Å². The molecule has 2 rings (SSSR count). The van der Waals surface area contributed by atoms with Crippen molar-refractivity contribution >= 4 is 26.7 Å². The minimum atomic E-state index is 0.611. The van der Waals surface area contributed by atoms with Gasteiger partial charge in [0.15, 0.2) is 5.13 Å². The second-order valence-corrected chi connectivity index (χ2v) is 4.28. The van der Waals surface area contributed by atoms with Crippen molar-refractivity contribution in [2.75, 3.05) is 12.8 Å². The molecule has 4 heteroatoms. The van der Waals surface area contributed by atoms with E-state index in [2.05, 4.69) is 4.98 Å². The number of thiazole rings is 1. The molecule has 0 radical (unpaired) electrons. The number of benzene rings is 1. The highest BCUT2D eigenvalue weighted by Gasteiger charge is 2.11. The van der Waals surface area contributed by atoms with Crippen LogP contribution in [0.4, 0.5) is 5.13 Å². The molecule has 0 aliphatic rings. The fourth-order valence-electron chi connectivity index (χ4n) is 1.56. The van der Waals surface area contributed by atoms with Gasteiger partial charge in [0.1, 0.15) is 5.75 Å². The van der Waals surface area contributed by atoms with Crippen molar-refractivity contribution in [3.05, 3.63) is 17.2 Å². The summed E-state index contributed by atoms with van der Waals surface area (Å²) in [4.78, 5) is 4.29. The van der Waals surface area contributed by atoms with E-state index >= 15 is 0 Å². The van der Waals surface area contributed by atoms with Crippen molar-refractivity contribution in [1.82, 2.24) is 4.98 Å². The fraction of sp³-hybridized carbons (Fsp3) is 0.300. The van der Waals surface area contributed by atoms with E-state index in [1.165, 1.54) is 11.3 Å². The van der Waals surface area contributed by atoms with E-state index in [9.17, 15) is 0 Å². The fourth-order valence-corrected chi connectivity index (χ4v) is 2.46. The first-order valence-corrected chi connectivity index (χ1v) is 5.15. The van der Waals surface area contributed by atoms with Crippen LogP contribution in [0.5, 0.6) is 5.75 Å². The molecule has 0 fully saturated rings. The maximum Gasteiger partial charge on any atom is 0.181 e. The molecule has 2 aromatic rings. The van der Waals surface area contributed by atoms with Gasteiger partial charge in [-0.15, -0.1) is 0 Å². The minimum absolute atomic E-state index is 0.611. The van der Waals surface area contributed by atoms with Crippen LogP contribution >= 0.6 is 11.3 Å². The Morgan fingerprint density at radius 3 is 2.79 bits per heavy atom. The van der Waals surface area contributed by atoms with E-state index < -0.39 is 0 Å². The van der Waals surface area contributed by atoms with E-state index in [1.807, 2.05) is 19.9 Å². The second kappa shape index (κ2) is 3.13. The van der Waals surface area contributed by atoms with Gasteiger partial charge in [-0.25, -0.2) is 4.98 Å². The van der Waals surface area contributed by atoms with Crippen LogP contribution in [0.3, 0.4) is 0 Å². The highest BCUT2D eigenvalue weighted by atomic mass is 32.1. The zero-order valence-corrected chi connectivity index (χ0v) is 9.23. The van der Waals surface area contributed by atoms with Crippen LogP contribution < -0.4 is 10.5 Å². The minimum Gasteiger partial charge on any atom is -0.496 e. The molecule has 0 amide bonds. The first-order valence-electron chi connectivity index (χ1n) is 4.33. The van der Waals surface area contributed by atoms with Gasteiger partial charge in [0.2, 0.25) is 0 Å². The van der Waals surface area contributed by atoms with Crippen LogP contribution in [0.15, 0.2) is 6.07 Å². The average molecular weight is 208 g/mol. The van der Waals surface area contributed by atoms with Crippen molar-refractivity contribution in [3.8, 4) is 5.75 Å². The van der Waals surface area contributed by atoms with Crippen molar-refractivity contribution in [2.45, 2.75) is 13.8 Å². The smallest absolute Gasteiger partial charge is 0.181 e. The molecule has 0 aliphatic carbocycles. The van der Waals surface area contributed by atoms with Gasteiger partial charge in [-0.05, 0) is 25.5 Å². The number of nitrogens with two attached hydrogens (primary N) is 1. The first-order chi connectivity index (χ1) is 6.63. The number of hydrogen-bond acceptors (Lipinski definition) is 4. The molecule has 0 saturated carbocycles. The Hall–Kier alpha value is -1.29. The third kappa shape index (κ3) is 1.23. The number of anilines is 1. The lowest BCUT2D eigenvalue weighted by Gasteiger charge is -2.06. The van der Waals surface area contributed by atoms with Crippen molar-refractivity contribution in [3.63, 3.8) is 0 Å². The zero-order valence-electron chi connectivity index (χ0n) is 8.42. The number of nitrogens with zero attached hydrogens (tertiary/aromatic N) is 1. The molecule has 0 bridgehead atoms. The van der Waals surface area contributed by atoms with Crippen molar-refractivity contribution in [1.29, 1.82) is 0 Å². The van der Waals surface area contributed by atoms with Crippen LogP contribution in [-0.4, -0.2) is 12.1 Å². The van der Waals surface area contributed by atoms with E-state index in [0.29, 0.717) is 5.13 Å². The summed E-state index contributed by atoms with van der Waals surface area (Å²) in [6.45, 7) is 4.04. The first kappa shape index (κ1) is 9.27. The monoisotopic (exact) mass is 208 g/mol. The lowest BCUT2D eigenvalue weighted by atomic mass is 10.1. The maximum absolute atomic E-state index is 5.69. The Morgan fingerprint density at radius 1 is 1.43 bits per heavy atom. The van der Waals surface area contributed by atoms with Gasteiger partial charge >= 0.3 is 0 Å². The molecule has 0 atom stereocenters. The van der Waals surface area contributed by atoms with Gasteiger partial charge in [0, 0.05) is 5.56 Å². The summed E-state index contributed by atoms with van der Waals surface area (Å²) in [7, 11) is 1.68. The number of aryl methyl sites for hydroxylation is 2. The Morgan fingerprint density at radius 2 is 2.14 bits per heavy atom. The summed E-state index contributed by atoms with van der Waals surface area (Å²) < 4.78 is 6.41. The summed E-state index contributed by atoms with van der Waals surface area (Å²) in [6, 6.07) is 2.00. The third-order valence-corrected chi connectivity index (χ3v) is 3.30. The normalized spacial score (nSPS) is 10.8. The lowest BCUT2D eigenvalue weighted by Crippen LogP contribution is -1.89. The van der Waals surface area contributed by atoms with Crippen LogP contribution in [0.25, 0.3) is 10.2 Å². The molecule has 0 saturated heterocycles. The molecule has 3 nitrogen and oxygen atoms in total.